The Labute approximate surface area is 209 Å². The monoisotopic (exact) mass is 477 g/mol. The molecule has 0 saturated heterocycles. The molecule has 2 heterocycles. The highest BCUT2D eigenvalue weighted by Gasteiger charge is 2.22. The average molecular weight is 478 g/mol. The molecule has 0 aliphatic rings. The number of para-hydroxylation sites is 1. The summed E-state index contributed by atoms with van der Waals surface area (Å²) >= 11 is 0. The minimum absolute atomic E-state index is 0.108. The molecule has 0 fully saturated rings. The van der Waals surface area contributed by atoms with Crippen molar-refractivity contribution >= 4 is 22.3 Å². The minimum atomic E-state index is -2.24. The third-order valence-electron chi connectivity index (χ3n) is 5.95. The number of nitrogens with zero attached hydrogens (tertiary/aromatic N) is 6. The van der Waals surface area contributed by atoms with E-state index in [1.165, 1.54) is 25.1 Å². The highest BCUT2D eigenvalue weighted by molar-refractivity contribution is 5.85. The van der Waals surface area contributed by atoms with Crippen LogP contribution in [0.3, 0.4) is 0 Å². The first-order valence-corrected chi connectivity index (χ1v) is 11.2. The number of likely N-dealkylation sites (N-methyl/N-ethyl adjacent to an activating group) is 2. The SMILES string of the molecule is [2H]C([2H])([2H])N(C)CCN(C)c1cc(OC)c(Cc2nccc(-n3cc(C)c4ccccc43)n2)cc1[N+](=O)[O-]. The predicted octanol–water partition coefficient (Wildman–Crippen LogP) is 4.23. The number of ether oxygens (including phenoxy) is 1. The number of anilines is 1. The van der Waals surface area contributed by atoms with E-state index in [0.29, 0.717) is 28.6 Å². The number of hydrogen-bond donors (Lipinski definition) is 0. The zero-order valence-electron chi connectivity index (χ0n) is 23.2. The zero-order chi connectivity index (χ0) is 27.6. The molecule has 0 bridgehead atoms. The second-order valence-electron chi connectivity index (χ2n) is 8.46. The normalized spacial score (nSPS) is 12.9. The summed E-state index contributed by atoms with van der Waals surface area (Å²) in [6.07, 6.45) is 3.92. The fraction of sp³-hybridized carbons (Fsp3) is 0.308. The smallest absolute Gasteiger partial charge is 0.293 e. The molecule has 0 amide bonds. The number of benzene rings is 2. The van der Waals surface area contributed by atoms with E-state index in [2.05, 4.69) is 11.1 Å². The van der Waals surface area contributed by atoms with Crippen LogP contribution in [0.1, 0.15) is 21.1 Å². The lowest BCUT2D eigenvalue weighted by atomic mass is 10.1. The lowest BCUT2D eigenvalue weighted by Crippen LogP contribution is -2.29. The molecule has 0 N–H and O–H groups in total. The Morgan fingerprint density at radius 3 is 2.74 bits per heavy atom. The van der Waals surface area contributed by atoms with Crippen LogP contribution in [0.4, 0.5) is 11.4 Å². The number of hydrogen-bond acceptors (Lipinski definition) is 7. The third-order valence-corrected chi connectivity index (χ3v) is 5.95. The van der Waals surface area contributed by atoms with Crippen LogP contribution in [-0.2, 0) is 6.42 Å². The molecule has 0 radical (unpaired) electrons. The number of fused-ring (bicyclic) bond motifs is 1. The summed E-state index contributed by atoms with van der Waals surface area (Å²) in [5.74, 6) is 1.64. The van der Waals surface area contributed by atoms with E-state index < -0.39 is 11.9 Å². The summed E-state index contributed by atoms with van der Waals surface area (Å²) < 4.78 is 30.1. The largest absolute Gasteiger partial charge is 0.496 e. The molecule has 0 spiro atoms. The molecule has 4 rings (SSSR count). The van der Waals surface area contributed by atoms with Crippen LogP contribution in [-0.4, -0.2) is 65.6 Å². The fourth-order valence-corrected chi connectivity index (χ4v) is 4.12. The first-order chi connectivity index (χ1) is 18.0. The highest BCUT2D eigenvalue weighted by atomic mass is 16.6. The minimum Gasteiger partial charge on any atom is -0.496 e. The van der Waals surface area contributed by atoms with E-state index in [9.17, 15) is 10.1 Å². The standard InChI is InChI=1S/C26H30N6O3/c1-18-17-31(21-9-7-6-8-20(18)21)26-10-11-27-25(28-26)15-19-14-23(32(33)34)22(16-24(19)35-5)30(4)13-12-29(2)3/h6-11,14,16-17H,12-13,15H2,1-5H3/i2D3. The van der Waals surface area contributed by atoms with Gasteiger partial charge < -0.3 is 19.1 Å². The average Bonchev–Trinajstić information content (AvgIpc) is 3.23. The van der Waals surface area contributed by atoms with Crippen molar-refractivity contribution in [2.45, 2.75) is 13.3 Å². The molecular formula is C26H30N6O3. The van der Waals surface area contributed by atoms with Gasteiger partial charge in [-0.25, -0.2) is 9.97 Å². The number of nitro benzene ring substituents is 1. The van der Waals surface area contributed by atoms with Crippen molar-refractivity contribution < 1.29 is 13.8 Å². The maximum absolute atomic E-state index is 12.0. The van der Waals surface area contributed by atoms with Gasteiger partial charge in [-0.1, -0.05) is 18.2 Å². The van der Waals surface area contributed by atoms with E-state index in [-0.39, 0.29) is 25.2 Å². The lowest BCUT2D eigenvalue weighted by molar-refractivity contribution is -0.384. The van der Waals surface area contributed by atoms with Gasteiger partial charge >= 0.3 is 0 Å². The summed E-state index contributed by atoms with van der Waals surface area (Å²) in [6.45, 7) is 0.273. The van der Waals surface area contributed by atoms with Crippen molar-refractivity contribution in [3.8, 4) is 11.6 Å². The van der Waals surface area contributed by atoms with Crippen molar-refractivity contribution in [3.63, 3.8) is 0 Å². The van der Waals surface area contributed by atoms with Crippen molar-refractivity contribution in [3.05, 3.63) is 81.9 Å². The van der Waals surface area contributed by atoms with Crippen LogP contribution < -0.4 is 9.64 Å². The van der Waals surface area contributed by atoms with Crippen LogP contribution in [0.5, 0.6) is 5.75 Å². The maximum Gasteiger partial charge on any atom is 0.293 e. The van der Waals surface area contributed by atoms with Crippen molar-refractivity contribution in [1.29, 1.82) is 0 Å². The first-order valence-electron chi connectivity index (χ1n) is 12.7. The van der Waals surface area contributed by atoms with Gasteiger partial charge in [0.05, 0.1) is 17.5 Å². The molecule has 0 unspecified atom stereocenters. The highest BCUT2D eigenvalue weighted by Crippen LogP contribution is 2.35. The Balaban J connectivity index is 1.65. The second-order valence-corrected chi connectivity index (χ2v) is 8.46. The molecule has 35 heavy (non-hydrogen) atoms. The van der Waals surface area contributed by atoms with Gasteiger partial charge in [-0.15, -0.1) is 0 Å². The number of aryl methyl sites for hydroxylation is 1. The van der Waals surface area contributed by atoms with Gasteiger partial charge in [0.2, 0.25) is 0 Å². The number of nitro groups is 1. The van der Waals surface area contributed by atoms with Gasteiger partial charge in [0.1, 0.15) is 23.1 Å². The van der Waals surface area contributed by atoms with Gasteiger partial charge in [0, 0.05) is 66.1 Å². The maximum atomic E-state index is 12.0. The summed E-state index contributed by atoms with van der Waals surface area (Å²) in [5, 5.41) is 13.1. The zero-order valence-corrected chi connectivity index (χ0v) is 20.2. The molecular weight excluding hydrogens is 444 g/mol. The number of rotatable bonds is 9. The molecule has 4 aromatic rings. The second kappa shape index (κ2) is 10.1. The van der Waals surface area contributed by atoms with Gasteiger partial charge in [-0.05, 0) is 38.6 Å². The molecule has 0 saturated carbocycles. The van der Waals surface area contributed by atoms with Gasteiger partial charge in [-0.2, -0.15) is 0 Å². The molecule has 9 nitrogen and oxygen atoms in total. The quantitative estimate of drug-likeness (QED) is 0.263. The van der Waals surface area contributed by atoms with E-state index in [1.807, 2.05) is 42.0 Å². The summed E-state index contributed by atoms with van der Waals surface area (Å²) in [7, 11) is 4.68. The van der Waals surface area contributed by atoms with Gasteiger partial charge in [0.15, 0.2) is 0 Å². The van der Waals surface area contributed by atoms with E-state index in [1.54, 1.807) is 24.2 Å². The van der Waals surface area contributed by atoms with Crippen LogP contribution in [0.25, 0.3) is 16.7 Å². The Morgan fingerprint density at radius 1 is 1.20 bits per heavy atom. The van der Waals surface area contributed by atoms with Crippen LogP contribution in [0, 0.1) is 17.0 Å². The van der Waals surface area contributed by atoms with Crippen LogP contribution in [0.2, 0.25) is 0 Å². The molecule has 9 heteroatoms. The molecule has 0 aliphatic carbocycles. The van der Waals surface area contributed by atoms with E-state index in [0.717, 1.165) is 16.5 Å². The van der Waals surface area contributed by atoms with Gasteiger partial charge in [0.25, 0.3) is 5.69 Å². The summed E-state index contributed by atoms with van der Waals surface area (Å²) in [4.78, 5) is 23.6. The topological polar surface area (TPSA) is 89.6 Å². The summed E-state index contributed by atoms with van der Waals surface area (Å²) in [6, 6.07) is 13.0. The van der Waals surface area contributed by atoms with Crippen LogP contribution >= 0.6 is 0 Å². The van der Waals surface area contributed by atoms with E-state index >= 15 is 0 Å². The molecule has 182 valence electrons. The Kier molecular flexibility index (Phi) is 5.89. The van der Waals surface area contributed by atoms with Gasteiger partial charge in [-0.3, -0.25) is 10.1 Å². The predicted molar refractivity (Wildman–Crippen MR) is 138 cm³/mol. The fourth-order valence-electron chi connectivity index (χ4n) is 4.12. The van der Waals surface area contributed by atoms with Crippen LogP contribution in [0.15, 0.2) is 54.9 Å². The van der Waals surface area contributed by atoms with Crippen molar-refractivity contribution in [1.82, 2.24) is 19.4 Å². The van der Waals surface area contributed by atoms with Crippen molar-refractivity contribution in [2.75, 3.05) is 46.2 Å². The molecule has 2 aromatic carbocycles. The Morgan fingerprint density at radius 2 is 2.00 bits per heavy atom. The number of aromatic nitrogens is 3. The lowest BCUT2D eigenvalue weighted by Gasteiger charge is -2.22. The number of methoxy groups -OCH3 is 1. The Bertz CT molecular complexity index is 1470. The first kappa shape index (κ1) is 20.4. The molecule has 0 atom stereocenters. The Hall–Kier alpha value is -3.98. The van der Waals surface area contributed by atoms with Crippen molar-refractivity contribution in [2.24, 2.45) is 0 Å². The molecule has 2 aromatic heterocycles. The molecule has 0 aliphatic heterocycles. The van der Waals surface area contributed by atoms with E-state index in [4.69, 9.17) is 13.8 Å². The third kappa shape index (κ3) is 5.09. The summed E-state index contributed by atoms with van der Waals surface area (Å²) in [5.41, 5.74) is 2.95.